The Morgan fingerprint density at radius 3 is 2.57 bits per heavy atom. The number of rotatable bonds is 9. The Morgan fingerprint density at radius 1 is 1.03 bits per heavy atom. The zero-order valence-corrected chi connectivity index (χ0v) is 21.4. The summed E-state index contributed by atoms with van der Waals surface area (Å²) in [6.07, 6.45) is 10.8. The number of amides is 1. The summed E-state index contributed by atoms with van der Waals surface area (Å²) in [7, 11) is 0. The molecule has 1 unspecified atom stereocenters. The molecule has 0 saturated carbocycles. The molecular formula is C29H32N6O2. The van der Waals surface area contributed by atoms with Crippen molar-refractivity contribution in [1.82, 2.24) is 30.2 Å². The summed E-state index contributed by atoms with van der Waals surface area (Å²) >= 11 is 0. The van der Waals surface area contributed by atoms with Gasteiger partial charge in [-0.2, -0.15) is 0 Å². The molecule has 1 aliphatic carbocycles. The number of hydrogen-bond acceptors (Lipinski definition) is 7. The fourth-order valence-electron chi connectivity index (χ4n) is 5.09. The van der Waals surface area contributed by atoms with Gasteiger partial charge in [0.2, 0.25) is 0 Å². The van der Waals surface area contributed by atoms with Crippen molar-refractivity contribution in [1.29, 1.82) is 0 Å². The fraction of sp³-hybridized carbons (Fsp3) is 0.345. The van der Waals surface area contributed by atoms with E-state index in [-0.39, 0.29) is 11.9 Å². The third kappa shape index (κ3) is 5.91. The molecule has 8 nitrogen and oxygen atoms in total. The highest BCUT2D eigenvalue weighted by Crippen LogP contribution is 2.33. The van der Waals surface area contributed by atoms with Crippen LogP contribution in [0.1, 0.15) is 68.9 Å². The maximum Gasteiger partial charge on any atom is 0.255 e. The van der Waals surface area contributed by atoms with Crippen molar-refractivity contribution in [2.75, 3.05) is 6.54 Å². The van der Waals surface area contributed by atoms with E-state index < -0.39 is 0 Å². The van der Waals surface area contributed by atoms with Gasteiger partial charge in [-0.05, 0) is 55.9 Å². The first-order chi connectivity index (χ1) is 18.1. The van der Waals surface area contributed by atoms with Gasteiger partial charge >= 0.3 is 0 Å². The highest BCUT2D eigenvalue weighted by molar-refractivity contribution is 5.96. The van der Waals surface area contributed by atoms with Crippen molar-refractivity contribution in [3.63, 3.8) is 0 Å². The van der Waals surface area contributed by atoms with Crippen LogP contribution in [0.5, 0.6) is 0 Å². The van der Waals surface area contributed by atoms with Gasteiger partial charge in [-0.1, -0.05) is 30.3 Å². The lowest BCUT2D eigenvalue weighted by atomic mass is 9.90. The number of aryl methyl sites for hydroxylation is 3. The van der Waals surface area contributed by atoms with Gasteiger partial charge in [-0.25, -0.2) is 15.0 Å². The van der Waals surface area contributed by atoms with E-state index in [4.69, 9.17) is 9.40 Å². The number of carbonyl (C=O) groups excluding carboxylic acids is 1. The van der Waals surface area contributed by atoms with Crippen molar-refractivity contribution in [2.24, 2.45) is 0 Å². The molecule has 0 aliphatic heterocycles. The second-order valence-corrected chi connectivity index (χ2v) is 9.52. The van der Waals surface area contributed by atoms with Crippen LogP contribution >= 0.6 is 0 Å². The van der Waals surface area contributed by atoms with Gasteiger partial charge in [-0.3, -0.25) is 14.7 Å². The maximum atomic E-state index is 12.7. The minimum atomic E-state index is -0.152. The SMILES string of the molecule is Cc1ncnc(C)c1C(=O)NCc1ccc(CN(CCc2ncco2)C2CCCc3cccnc32)cc1. The molecule has 0 saturated heterocycles. The number of carbonyl (C=O) groups is 1. The first-order valence-electron chi connectivity index (χ1n) is 12.8. The van der Waals surface area contributed by atoms with Crippen molar-refractivity contribution >= 4 is 5.91 Å². The first-order valence-corrected chi connectivity index (χ1v) is 12.8. The molecule has 5 rings (SSSR count). The number of hydrogen-bond donors (Lipinski definition) is 1. The smallest absolute Gasteiger partial charge is 0.255 e. The van der Waals surface area contributed by atoms with Crippen LogP contribution in [0.4, 0.5) is 0 Å². The Bertz CT molecular complexity index is 1320. The van der Waals surface area contributed by atoms with Gasteiger partial charge in [0, 0.05) is 32.3 Å². The van der Waals surface area contributed by atoms with E-state index in [1.54, 1.807) is 12.5 Å². The molecule has 1 aromatic carbocycles. The molecule has 3 aromatic heterocycles. The van der Waals surface area contributed by atoms with Crippen molar-refractivity contribution in [2.45, 2.75) is 58.7 Å². The van der Waals surface area contributed by atoms with E-state index in [2.05, 4.69) is 55.5 Å². The van der Waals surface area contributed by atoms with Crippen LogP contribution in [0.25, 0.3) is 0 Å². The molecule has 0 bridgehead atoms. The summed E-state index contributed by atoms with van der Waals surface area (Å²) in [6, 6.07) is 12.9. The largest absolute Gasteiger partial charge is 0.449 e. The van der Waals surface area contributed by atoms with E-state index in [0.29, 0.717) is 23.5 Å². The molecule has 0 radical (unpaired) electrons. The molecule has 1 N–H and O–H groups in total. The fourth-order valence-corrected chi connectivity index (χ4v) is 5.09. The van der Waals surface area contributed by atoms with Gasteiger partial charge in [-0.15, -0.1) is 0 Å². The van der Waals surface area contributed by atoms with Gasteiger partial charge in [0.25, 0.3) is 5.91 Å². The third-order valence-corrected chi connectivity index (χ3v) is 7.02. The highest BCUT2D eigenvalue weighted by atomic mass is 16.3. The Kier molecular flexibility index (Phi) is 7.65. The normalized spacial score (nSPS) is 14.9. The van der Waals surface area contributed by atoms with Gasteiger partial charge in [0.1, 0.15) is 12.6 Å². The minimum absolute atomic E-state index is 0.152. The predicted octanol–water partition coefficient (Wildman–Crippen LogP) is 4.53. The van der Waals surface area contributed by atoms with Gasteiger partial charge in [0.15, 0.2) is 5.89 Å². The molecule has 4 aromatic rings. The number of fused-ring (bicyclic) bond motifs is 1. The highest BCUT2D eigenvalue weighted by Gasteiger charge is 2.27. The topological polar surface area (TPSA) is 97.0 Å². The molecule has 1 amide bonds. The summed E-state index contributed by atoms with van der Waals surface area (Å²) in [5, 5.41) is 3.00. The Balaban J connectivity index is 1.27. The maximum absolute atomic E-state index is 12.7. The lowest BCUT2D eigenvalue weighted by molar-refractivity contribution is 0.0948. The molecule has 8 heteroatoms. The molecule has 1 aliphatic rings. The Labute approximate surface area is 217 Å². The Morgan fingerprint density at radius 2 is 1.81 bits per heavy atom. The van der Waals surface area contributed by atoms with Crippen LogP contribution in [-0.2, 0) is 25.9 Å². The van der Waals surface area contributed by atoms with Crippen LogP contribution < -0.4 is 5.32 Å². The summed E-state index contributed by atoms with van der Waals surface area (Å²) in [4.78, 5) is 32.6. The number of benzene rings is 1. The van der Waals surface area contributed by atoms with E-state index in [1.165, 1.54) is 23.1 Å². The molecule has 37 heavy (non-hydrogen) atoms. The quantitative estimate of drug-likeness (QED) is 0.364. The van der Waals surface area contributed by atoms with E-state index in [0.717, 1.165) is 50.2 Å². The molecule has 3 heterocycles. The number of pyridine rings is 1. The number of nitrogens with zero attached hydrogens (tertiary/aromatic N) is 5. The summed E-state index contributed by atoms with van der Waals surface area (Å²) in [5.74, 6) is 0.600. The Hall–Kier alpha value is -3.91. The molecular weight excluding hydrogens is 464 g/mol. The number of oxazole rings is 1. The second-order valence-electron chi connectivity index (χ2n) is 9.52. The van der Waals surface area contributed by atoms with Gasteiger partial charge in [0.05, 0.1) is 34.9 Å². The van der Waals surface area contributed by atoms with Gasteiger partial charge < -0.3 is 9.73 Å². The minimum Gasteiger partial charge on any atom is -0.449 e. The molecule has 190 valence electrons. The summed E-state index contributed by atoms with van der Waals surface area (Å²) < 4.78 is 5.50. The lowest BCUT2D eigenvalue weighted by Crippen LogP contribution is -2.33. The summed E-state index contributed by atoms with van der Waals surface area (Å²) in [6.45, 7) is 5.73. The van der Waals surface area contributed by atoms with Crippen molar-refractivity contribution in [3.8, 4) is 0 Å². The summed E-state index contributed by atoms with van der Waals surface area (Å²) in [5.41, 5.74) is 6.71. The molecule has 0 fully saturated rings. The lowest BCUT2D eigenvalue weighted by Gasteiger charge is -2.35. The van der Waals surface area contributed by atoms with Crippen LogP contribution in [0, 0.1) is 13.8 Å². The first kappa shape index (κ1) is 24.8. The van der Waals surface area contributed by atoms with Crippen LogP contribution in [0.2, 0.25) is 0 Å². The standard InChI is InChI=1S/C29H32N6O2/c1-20-27(21(2)34-19-33-20)29(36)32-17-22-8-10-23(11-9-22)18-35(15-12-26-30-14-16-37-26)25-7-3-5-24-6-4-13-31-28(24)25/h4,6,8-11,13-14,16,19,25H,3,5,7,12,15,17-18H2,1-2H3,(H,32,36). The second kappa shape index (κ2) is 11.4. The van der Waals surface area contributed by atoms with E-state index in [9.17, 15) is 4.79 Å². The molecule has 1 atom stereocenters. The zero-order chi connectivity index (χ0) is 25.6. The monoisotopic (exact) mass is 496 g/mol. The third-order valence-electron chi connectivity index (χ3n) is 7.02. The van der Waals surface area contributed by atoms with Crippen LogP contribution in [0.15, 0.2) is 65.8 Å². The average molecular weight is 497 g/mol. The van der Waals surface area contributed by atoms with Crippen molar-refractivity contribution < 1.29 is 9.21 Å². The predicted molar refractivity (Wildman–Crippen MR) is 140 cm³/mol. The molecule has 0 spiro atoms. The van der Waals surface area contributed by atoms with E-state index >= 15 is 0 Å². The van der Waals surface area contributed by atoms with Crippen LogP contribution in [-0.4, -0.2) is 37.3 Å². The van der Waals surface area contributed by atoms with Crippen LogP contribution in [0.3, 0.4) is 0 Å². The zero-order valence-electron chi connectivity index (χ0n) is 21.4. The number of nitrogens with one attached hydrogen (secondary N) is 1. The van der Waals surface area contributed by atoms with Crippen molar-refractivity contribution in [3.05, 3.63) is 107 Å². The average Bonchev–Trinajstić information content (AvgIpc) is 3.44. The number of aromatic nitrogens is 4. The van der Waals surface area contributed by atoms with E-state index in [1.807, 2.05) is 26.1 Å².